The maximum atomic E-state index is 5.26. The minimum atomic E-state index is 0.485. The van der Waals surface area contributed by atoms with Crippen LogP contribution in [0.25, 0.3) is 0 Å². The van der Waals surface area contributed by atoms with Crippen LogP contribution in [0.2, 0.25) is 0 Å². The predicted molar refractivity (Wildman–Crippen MR) is 57.3 cm³/mol. The van der Waals surface area contributed by atoms with Crippen LogP contribution in [0, 0.1) is 0 Å². The molecular weight excluding hydrogens is 182 g/mol. The van der Waals surface area contributed by atoms with Crippen molar-refractivity contribution in [2.24, 2.45) is 0 Å². The SMILES string of the molecule is CC1(C)CCN(C[C@@H]2CO2)CCS1. The molecule has 0 saturated carbocycles. The molecule has 0 N–H and O–H groups in total. The molecule has 0 bridgehead atoms. The molecule has 2 saturated heterocycles. The lowest BCUT2D eigenvalue weighted by Crippen LogP contribution is -2.30. The Morgan fingerprint density at radius 3 is 2.92 bits per heavy atom. The summed E-state index contributed by atoms with van der Waals surface area (Å²) in [6.45, 7) is 9.36. The second-order valence-electron chi connectivity index (χ2n) is 4.61. The fourth-order valence-electron chi connectivity index (χ4n) is 1.71. The third-order valence-electron chi connectivity index (χ3n) is 2.79. The summed E-state index contributed by atoms with van der Waals surface area (Å²) < 4.78 is 5.74. The van der Waals surface area contributed by atoms with E-state index in [-0.39, 0.29) is 0 Å². The van der Waals surface area contributed by atoms with E-state index in [2.05, 4.69) is 30.5 Å². The van der Waals surface area contributed by atoms with Gasteiger partial charge in [-0.3, -0.25) is 4.90 Å². The summed E-state index contributed by atoms with van der Waals surface area (Å²) in [5, 5.41) is 0. The summed E-state index contributed by atoms with van der Waals surface area (Å²) in [6, 6.07) is 0. The van der Waals surface area contributed by atoms with Gasteiger partial charge in [-0.1, -0.05) is 13.8 Å². The molecule has 13 heavy (non-hydrogen) atoms. The summed E-state index contributed by atoms with van der Waals surface area (Å²) in [7, 11) is 0. The number of ether oxygens (including phenoxy) is 1. The van der Waals surface area contributed by atoms with Gasteiger partial charge in [0, 0.05) is 23.6 Å². The molecule has 0 aromatic rings. The van der Waals surface area contributed by atoms with Gasteiger partial charge in [0.1, 0.15) is 0 Å². The normalized spacial score (nSPS) is 34.2. The number of hydrogen-bond donors (Lipinski definition) is 0. The Morgan fingerprint density at radius 1 is 1.46 bits per heavy atom. The zero-order valence-corrected chi connectivity index (χ0v) is 9.40. The van der Waals surface area contributed by atoms with Crippen molar-refractivity contribution in [3.63, 3.8) is 0 Å². The Bertz CT molecular complexity index is 180. The van der Waals surface area contributed by atoms with Crippen molar-refractivity contribution >= 4 is 11.8 Å². The highest BCUT2D eigenvalue weighted by molar-refractivity contribution is 8.00. The number of hydrogen-bond acceptors (Lipinski definition) is 3. The van der Waals surface area contributed by atoms with E-state index < -0.39 is 0 Å². The molecule has 2 aliphatic heterocycles. The molecule has 0 spiro atoms. The van der Waals surface area contributed by atoms with Gasteiger partial charge in [-0.25, -0.2) is 0 Å². The van der Waals surface area contributed by atoms with Crippen molar-refractivity contribution < 1.29 is 4.74 Å². The van der Waals surface area contributed by atoms with Gasteiger partial charge in [-0.2, -0.15) is 11.8 Å². The highest BCUT2D eigenvalue weighted by Gasteiger charge is 2.28. The molecule has 2 nitrogen and oxygen atoms in total. The first kappa shape index (κ1) is 9.81. The maximum absolute atomic E-state index is 5.26. The zero-order chi connectivity index (χ0) is 9.31. The van der Waals surface area contributed by atoms with Gasteiger partial charge in [0.15, 0.2) is 0 Å². The lowest BCUT2D eigenvalue weighted by atomic mass is 10.1. The standard InChI is InChI=1S/C10H19NOS/c1-10(2)3-4-11(5-6-13-10)7-9-8-12-9/h9H,3-8H2,1-2H3/t9-/m1/s1. The van der Waals surface area contributed by atoms with Gasteiger partial charge >= 0.3 is 0 Å². The van der Waals surface area contributed by atoms with E-state index in [1.54, 1.807) is 0 Å². The number of nitrogens with zero attached hydrogens (tertiary/aromatic N) is 1. The van der Waals surface area contributed by atoms with Crippen LogP contribution in [0.15, 0.2) is 0 Å². The molecule has 2 fully saturated rings. The fourth-order valence-corrected chi connectivity index (χ4v) is 2.84. The van der Waals surface area contributed by atoms with Crippen molar-refractivity contribution in [1.29, 1.82) is 0 Å². The molecule has 2 rings (SSSR count). The van der Waals surface area contributed by atoms with Crippen LogP contribution in [-0.2, 0) is 4.74 Å². The molecule has 0 aromatic carbocycles. The molecule has 3 heteroatoms. The molecule has 2 aliphatic rings. The number of rotatable bonds is 2. The Balaban J connectivity index is 1.79. The van der Waals surface area contributed by atoms with E-state index in [9.17, 15) is 0 Å². The zero-order valence-electron chi connectivity index (χ0n) is 8.58. The van der Waals surface area contributed by atoms with Crippen molar-refractivity contribution in [1.82, 2.24) is 4.90 Å². The minimum absolute atomic E-state index is 0.485. The molecule has 0 aliphatic carbocycles. The topological polar surface area (TPSA) is 15.8 Å². The molecule has 76 valence electrons. The van der Waals surface area contributed by atoms with Gasteiger partial charge in [-0.15, -0.1) is 0 Å². The van der Waals surface area contributed by atoms with Crippen molar-refractivity contribution in [2.75, 3.05) is 32.0 Å². The molecule has 0 unspecified atom stereocenters. The van der Waals surface area contributed by atoms with E-state index in [0.29, 0.717) is 10.9 Å². The molecule has 0 aromatic heterocycles. The van der Waals surface area contributed by atoms with E-state index >= 15 is 0 Å². The van der Waals surface area contributed by atoms with Crippen molar-refractivity contribution in [3.05, 3.63) is 0 Å². The Kier molecular flexibility index (Phi) is 2.86. The highest BCUT2D eigenvalue weighted by Crippen LogP contribution is 2.30. The van der Waals surface area contributed by atoms with Crippen LogP contribution in [0.4, 0.5) is 0 Å². The third-order valence-corrected chi connectivity index (χ3v) is 4.17. The lowest BCUT2D eigenvalue weighted by molar-refractivity contribution is 0.250. The second kappa shape index (κ2) is 3.79. The first-order valence-electron chi connectivity index (χ1n) is 5.14. The van der Waals surface area contributed by atoms with Crippen molar-refractivity contribution in [3.8, 4) is 0 Å². The van der Waals surface area contributed by atoms with E-state index in [0.717, 1.165) is 13.2 Å². The van der Waals surface area contributed by atoms with Crippen LogP contribution in [0.1, 0.15) is 20.3 Å². The average molecular weight is 201 g/mol. The first-order valence-corrected chi connectivity index (χ1v) is 6.12. The van der Waals surface area contributed by atoms with Gasteiger partial charge in [0.25, 0.3) is 0 Å². The quantitative estimate of drug-likeness (QED) is 0.631. The largest absolute Gasteiger partial charge is 0.372 e. The predicted octanol–water partition coefficient (Wildman–Crippen LogP) is 1.60. The second-order valence-corrected chi connectivity index (χ2v) is 6.42. The van der Waals surface area contributed by atoms with Gasteiger partial charge < -0.3 is 4.74 Å². The van der Waals surface area contributed by atoms with E-state index in [1.165, 1.54) is 25.3 Å². The Morgan fingerprint density at radius 2 is 2.23 bits per heavy atom. The number of epoxide rings is 1. The third kappa shape index (κ3) is 3.15. The summed E-state index contributed by atoms with van der Waals surface area (Å²) >= 11 is 2.11. The average Bonchev–Trinajstić information content (AvgIpc) is 2.83. The molecule has 2 heterocycles. The maximum Gasteiger partial charge on any atom is 0.0936 e. The van der Waals surface area contributed by atoms with Crippen molar-refractivity contribution in [2.45, 2.75) is 31.1 Å². The van der Waals surface area contributed by atoms with Crippen LogP contribution in [-0.4, -0.2) is 47.7 Å². The van der Waals surface area contributed by atoms with E-state index in [1.807, 2.05) is 0 Å². The summed E-state index contributed by atoms with van der Waals surface area (Å²) in [5.74, 6) is 1.28. The molecule has 0 amide bonds. The van der Waals surface area contributed by atoms with Gasteiger partial charge in [0.2, 0.25) is 0 Å². The lowest BCUT2D eigenvalue weighted by Gasteiger charge is -2.22. The van der Waals surface area contributed by atoms with Crippen LogP contribution in [0.5, 0.6) is 0 Å². The molecule has 1 atom stereocenters. The van der Waals surface area contributed by atoms with Crippen LogP contribution in [0.3, 0.4) is 0 Å². The van der Waals surface area contributed by atoms with Crippen LogP contribution >= 0.6 is 11.8 Å². The molecule has 0 radical (unpaired) electrons. The number of thioether (sulfide) groups is 1. The summed E-state index contributed by atoms with van der Waals surface area (Å²) in [4.78, 5) is 2.55. The smallest absolute Gasteiger partial charge is 0.0936 e. The highest BCUT2D eigenvalue weighted by atomic mass is 32.2. The molecular formula is C10H19NOS. The summed E-state index contributed by atoms with van der Waals surface area (Å²) in [6.07, 6.45) is 1.87. The Labute approximate surface area is 85.0 Å². The van der Waals surface area contributed by atoms with Gasteiger partial charge in [-0.05, 0) is 13.0 Å². The Hall–Kier alpha value is 0.270. The van der Waals surface area contributed by atoms with E-state index in [4.69, 9.17) is 4.74 Å². The minimum Gasteiger partial charge on any atom is -0.372 e. The van der Waals surface area contributed by atoms with Gasteiger partial charge in [0.05, 0.1) is 12.7 Å². The first-order chi connectivity index (χ1) is 6.16. The van der Waals surface area contributed by atoms with Crippen LogP contribution < -0.4 is 0 Å². The fraction of sp³-hybridized carbons (Fsp3) is 1.00. The summed E-state index contributed by atoms with van der Waals surface area (Å²) in [5.41, 5.74) is 0. The monoisotopic (exact) mass is 201 g/mol.